The summed E-state index contributed by atoms with van der Waals surface area (Å²) in [5, 5.41) is 26.8. The Morgan fingerprint density at radius 1 is 0.756 bits per heavy atom. The lowest BCUT2D eigenvalue weighted by molar-refractivity contribution is -0.384. The molecule has 4 aromatic rings. The number of rotatable bonds is 8. The summed E-state index contributed by atoms with van der Waals surface area (Å²) in [4.78, 5) is 40.2. The molecule has 206 valence electrons. The summed E-state index contributed by atoms with van der Waals surface area (Å²) >= 11 is 0. The number of carbonyl (C=O) groups excluding carboxylic acids is 2. The van der Waals surface area contributed by atoms with E-state index in [1.54, 1.807) is 67.5 Å². The van der Waals surface area contributed by atoms with E-state index in [1.807, 2.05) is 43.3 Å². The van der Waals surface area contributed by atoms with Crippen molar-refractivity contribution in [2.24, 2.45) is 0 Å². The maximum atomic E-state index is 12.9. The fourth-order valence-corrected chi connectivity index (χ4v) is 4.21. The molecule has 10 nitrogen and oxygen atoms in total. The predicted molar refractivity (Wildman–Crippen MR) is 161 cm³/mol. The molecule has 0 unspecified atom stereocenters. The second-order valence-corrected chi connectivity index (χ2v) is 9.65. The molecule has 0 fully saturated rings. The van der Waals surface area contributed by atoms with Crippen LogP contribution < -0.4 is 20.4 Å². The van der Waals surface area contributed by atoms with Crippen LogP contribution in [0.25, 0.3) is 11.1 Å². The number of nitrogens with one attached hydrogen (secondary N) is 2. The van der Waals surface area contributed by atoms with Gasteiger partial charge in [0.15, 0.2) is 0 Å². The van der Waals surface area contributed by atoms with Gasteiger partial charge in [-0.2, -0.15) is 5.26 Å². The van der Waals surface area contributed by atoms with Crippen LogP contribution in [0.2, 0.25) is 0 Å². The number of amides is 2. The van der Waals surface area contributed by atoms with Gasteiger partial charge in [-0.1, -0.05) is 18.2 Å². The van der Waals surface area contributed by atoms with Gasteiger partial charge in [0, 0.05) is 62.4 Å². The summed E-state index contributed by atoms with van der Waals surface area (Å²) in [6.45, 7) is 0. The lowest BCUT2D eigenvalue weighted by Crippen LogP contribution is -2.14. The molecule has 0 saturated heterocycles. The average Bonchev–Trinajstić information content (AvgIpc) is 2.97. The molecule has 4 rings (SSSR count). The highest BCUT2D eigenvalue weighted by Crippen LogP contribution is 2.30. The Kier molecular flexibility index (Phi) is 8.29. The van der Waals surface area contributed by atoms with Gasteiger partial charge in [-0.25, -0.2) is 0 Å². The second kappa shape index (κ2) is 12.0. The normalized spacial score (nSPS) is 10.3. The minimum Gasteiger partial charge on any atom is -0.378 e. The zero-order valence-electron chi connectivity index (χ0n) is 23.0. The van der Waals surface area contributed by atoms with Crippen LogP contribution in [0.1, 0.15) is 26.3 Å². The molecule has 0 radical (unpaired) electrons. The van der Waals surface area contributed by atoms with E-state index in [-0.39, 0.29) is 28.4 Å². The molecule has 0 aromatic heterocycles. The zero-order valence-corrected chi connectivity index (χ0v) is 23.0. The summed E-state index contributed by atoms with van der Waals surface area (Å²) < 4.78 is 0. The second-order valence-electron chi connectivity index (χ2n) is 9.65. The van der Waals surface area contributed by atoms with Crippen molar-refractivity contribution in [1.82, 2.24) is 0 Å². The van der Waals surface area contributed by atoms with Gasteiger partial charge in [-0.3, -0.25) is 19.7 Å². The number of hydrogen-bond donors (Lipinski definition) is 2. The monoisotopic (exact) mass is 548 g/mol. The third-order valence-corrected chi connectivity index (χ3v) is 6.41. The van der Waals surface area contributed by atoms with Crippen molar-refractivity contribution >= 4 is 40.3 Å². The molecule has 0 atom stereocenters. The first kappa shape index (κ1) is 28.3. The minimum atomic E-state index is -0.509. The minimum absolute atomic E-state index is 0.139. The molecule has 2 N–H and O–H groups in total. The van der Waals surface area contributed by atoms with E-state index < -0.39 is 10.8 Å². The molecule has 0 saturated carbocycles. The number of anilines is 4. The van der Waals surface area contributed by atoms with Crippen LogP contribution in [0.15, 0.2) is 84.9 Å². The summed E-state index contributed by atoms with van der Waals surface area (Å²) in [5.41, 5.74) is 4.47. The highest BCUT2D eigenvalue weighted by molar-refractivity contribution is 6.06. The maximum absolute atomic E-state index is 12.9. The van der Waals surface area contributed by atoms with Crippen molar-refractivity contribution in [1.29, 1.82) is 5.26 Å². The predicted octanol–water partition coefficient (Wildman–Crippen LogP) is 5.77. The van der Waals surface area contributed by atoms with Crippen molar-refractivity contribution in [2.75, 3.05) is 48.6 Å². The molecule has 0 aliphatic heterocycles. The number of nitro groups is 1. The third kappa shape index (κ3) is 6.49. The lowest BCUT2D eigenvalue weighted by Gasteiger charge is -2.14. The lowest BCUT2D eigenvalue weighted by atomic mass is 9.97. The summed E-state index contributed by atoms with van der Waals surface area (Å²) in [6.07, 6.45) is 0. The first-order valence-corrected chi connectivity index (χ1v) is 12.6. The maximum Gasteiger partial charge on any atom is 0.294 e. The van der Waals surface area contributed by atoms with E-state index in [0.717, 1.165) is 5.69 Å². The van der Waals surface area contributed by atoms with Crippen molar-refractivity contribution < 1.29 is 14.5 Å². The number of nitriles is 1. The van der Waals surface area contributed by atoms with E-state index in [2.05, 4.69) is 16.7 Å². The smallest absolute Gasteiger partial charge is 0.294 e. The molecule has 10 heteroatoms. The van der Waals surface area contributed by atoms with Crippen LogP contribution in [-0.4, -0.2) is 44.9 Å². The van der Waals surface area contributed by atoms with Gasteiger partial charge in [-0.05, 0) is 71.8 Å². The standard InChI is InChI=1S/C31H28N6O4/c1-35(2)26-13-10-24(11-14-26)33-30(38)21-7-5-20(6-8-21)27-15-9-22(17-23(27)19-32)31(39)34-25-12-16-28(36(3)4)29(18-25)37(40)41/h5-18H,1-4H3,(H,33,38)(H,34,39). The van der Waals surface area contributed by atoms with Gasteiger partial charge in [0.1, 0.15) is 5.69 Å². The Hall–Kier alpha value is -5.69. The van der Waals surface area contributed by atoms with Crippen LogP contribution in [0, 0.1) is 21.4 Å². The van der Waals surface area contributed by atoms with Gasteiger partial charge in [0.05, 0.1) is 16.6 Å². The molecule has 0 bridgehead atoms. The van der Waals surface area contributed by atoms with Crippen LogP contribution in [0.5, 0.6) is 0 Å². The fraction of sp³-hybridized carbons (Fsp3) is 0.129. The highest BCUT2D eigenvalue weighted by Gasteiger charge is 2.18. The van der Waals surface area contributed by atoms with E-state index >= 15 is 0 Å². The van der Waals surface area contributed by atoms with Crippen molar-refractivity contribution in [3.8, 4) is 17.2 Å². The quantitative estimate of drug-likeness (QED) is 0.211. The summed E-state index contributed by atoms with van der Waals surface area (Å²) in [6, 6.07) is 25.6. The topological polar surface area (TPSA) is 132 Å². The average molecular weight is 549 g/mol. The number of carbonyl (C=O) groups is 2. The van der Waals surface area contributed by atoms with Crippen LogP contribution in [-0.2, 0) is 0 Å². The zero-order chi connectivity index (χ0) is 29.7. The number of nitro benzene ring substituents is 1. The molecule has 0 aliphatic carbocycles. The Morgan fingerprint density at radius 2 is 1.34 bits per heavy atom. The van der Waals surface area contributed by atoms with Crippen LogP contribution in [0.4, 0.5) is 28.4 Å². The molecule has 4 aromatic carbocycles. The molecule has 0 aliphatic rings. The molecule has 0 heterocycles. The van der Waals surface area contributed by atoms with Crippen molar-refractivity contribution in [2.45, 2.75) is 0 Å². The fourth-order valence-electron chi connectivity index (χ4n) is 4.21. The molecular weight excluding hydrogens is 520 g/mol. The van der Waals surface area contributed by atoms with Gasteiger partial charge < -0.3 is 20.4 Å². The highest BCUT2D eigenvalue weighted by atomic mass is 16.6. The molecular formula is C31H28N6O4. The number of hydrogen-bond acceptors (Lipinski definition) is 7. The van der Waals surface area contributed by atoms with Crippen molar-refractivity contribution in [3.05, 3.63) is 112 Å². The van der Waals surface area contributed by atoms with E-state index in [0.29, 0.717) is 28.1 Å². The molecule has 41 heavy (non-hydrogen) atoms. The Balaban J connectivity index is 1.49. The Labute approximate surface area is 237 Å². The summed E-state index contributed by atoms with van der Waals surface area (Å²) in [7, 11) is 7.27. The number of nitrogens with zero attached hydrogens (tertiary/aromatic N) is 4. The number of benzene rings is 4. The van der Waals surface area contributed by atoms with Crippen LogP contribution >= 0.6 is 0 Å². The van der Waals surface area contributed by atoms with Gasteiger partial charge >= 0.3 is 0 Å². The first-order valence-electron chi connectivity index (χ1n) is 12.6. The third-order valence-electron chi connectivity index (χ3n) is 6.41. The van der Waals surface area contributed by atoms with Gasteiger partial charge in [-0.15, -0.1) is 0 Å². The van der Waals surface area contributed by atoms with Crippen LogP contribution in [0.3, 0.4) is 0 Å². The van der Waals surface area contributed by atoms with E-state index in [9.17, 15) is 25.0 Å². The molecule has 0 spiro atoms. The largest absolute Gasteiger partial charge is 0.378 e. The Bertz CT molecular complexity index is 1660. The first-order chi connectivity index (χ1) is 19.6. The van der Waals surface area contributed by atoms with Gasteiger partial charge in [0.25, 0.3) is 17.5 Å². The van der Waals surface area contributed by atoms with Crippen molar-refractivity contribution in [3.63, 3.8) is 0 Å². The Morgan fingerprint density at radius 3 is 1.93 bits per heavy atom. The van der Waals surface area contributed by atoms with Gasteiger partial charge in [0.2, 0.25) is 0 Å². The van der Waals surface area contributed by atoms with E-state index in [4.69, 9.17) is 0 Å². The SMILES string of the molecule is CN(C)c1ccc(NC(=O)c2ccc(-c3ccc(C(=O)Nc4ccc(N(C)C)c([N+](=O)[O-])c4)cc3C#N)cc2)cc1. The molecule has 2 amide bonds. The summed E-state index contributed by atoms with van der Waals surface area (Å²) in [5.74, 6) is -0.772. The van der Waals surface area contributed by atoms with E-state index in [1.165, 1.54) is 12.1 Å².